The van der Waals surface area contributed by atoms with E-state index in [1.165, 1.54) is 17.4 Å². The van der Waals surface area contributed by atoms with Crippen molar-refractivity contribution >= 4 is 39.1 Å². The molecule has 0 aliphatic carbocycles. The Morgan fingerprint density at radius 1 is 1.13 bits per heavy atom. The van der Waals surface area contributed by atoms with Crippen LogP contribution in [0.1, 0.15) is 27.9 Å². The number of nitrogens with zero attached hydrogens (tertiary/aromatic N) is 5. The van der Waals surface area contributed by atoms with Gasteiger partial charge in [-0.1, -0.05) is 11.3 Å². The molecule has 4 aromatic heterocycles. The van der Waals surface area contributed by atoms with Crippen LogP contribution in [0, 0.1) is 19.7 Å². The third-order valence-corrected chi connectivity index (χ3v) is 5.94. The van der Waals surface area contributed by atoms with Gasteiger partial charge in [-0.05, 0) is 37.6 Å². The van der Waals surface area contributed by atoms with Crippen LogP contribution < -0.4 is 10.6 Å². The third-order valence-electron chi connectivity index (χ3n) is 4.77. The van der Waals surface area contributed by atoms with Crippen LogP contribution >= 0.6 is 22.9 Å². The van der Waals surface area contributed by atoms with Crippen LogP contribution in [0.4, 0.5) is 10.2 Å². The monoisotopic (exact) mass is 460 g/mol. The van der Waals surface area contributed by atoms with Crippen LogP contribution in [0.5, 0.6) is 0 Å². The summed E-state index contributed by atoms with van der Waals surface area (Å²) in [6.45, 7) is 5.81. The van der Waals surface area contributed by atoms with Gasteiger partial charge in [0.25, 0.3) is 0 Å². The number of nitrogens with one attached hydrogen (secondary N) is 3. The van der Waals surface area contributed by atoms with Gasteiger partial charge >= 0.3 is 0 Å². The average Bonchev–Trinajstić information content (AvgIpc) is 3.29. The molecule has 11 heteroatoms. The minimum Gasteiger partial charge on any atom is -0.362 e. The van der Waals surface area contributed by atoms with Crippen LogP contribution in [0.15, 0.2) is 18.3 Å². The fraction of sp³-hybridized carbons (Fsp3) is 0.350. The van der Waals surface area contributed by atoms with Crippen LogP contribution in [-0.2, 0) is 19.4 Å². The summed E-state index contributed by atoms with van der Waals surface area (Å²) in [5, 5.41) is 7.54. The fourth-order valence-corrected chi connectivity index (χ4v) is 4.21. The van der Waals surface area contributed by atoms with E-state index in [2.05, 4.69) is 40.5 Å². The van der Waals surface area contributed by atoms with E-state index in [1.807, 2.05) is 13.8 Å². The third kappa shape index (κ3) is 5.33. The van der Waals surface area contributed by atoms with Crippen molar-refractivity contribution in [1.82, 2.24) is 35.2 Å². The van der Waals surface area contributed by atoms with Gasteiger partial charge in [-0.2, -0.15) is 4.98 Å². The van der Waals surface area contributed by atoms with Crippen molar-refractivity contribution in [3.05, 3.63) is 57.3 Å². The number of imidazole rings is 1. The first kappa shape index (κ1) is 21.5. The number of pyridine rings is 1. The second kappa shape index (κ2) is 9.63. The van der Waals surface area contributed by atoms with Gasteiger partial charge in [-0.3, -0.25) is 4.98 Å². The second-order valence-corrected chi connectivity index (χ2v) is 8.43. The number of aromatic amines is 1. The van der Waals surface area contributed by atoms with Gasteiger partial charge in [0.15, 0.2) is 10.6 Å². The number of fused-ring (bicyclic) bond motifs is 1. The molecule has 0 amide bonds. The highest BCUT2D eigenvalue weighted by molar-refractivity contribution is 7.18. The highest BCUT2D eigenvalue weighted by Crippen LogP contribution is 2.27. The summed E-state index contributed by atoms with van der Waals surface area (Å²) in [6, 6.07) is 2.92. The summed E-state index contributed by atoms with van der Waals surface area (Å²) in [6.07, 6.45) is 3.14. The summed E-state index contributed by atoms with van der Waals surface area (Å²) in [4.78, 5) is 25.7. The second-order valence-electron chi connectivity index (χ2n) is 7.03. The number of aromatic nitrogens is 6. The standard InChI is InChI=1S/C20H22ClFN8S/c1-11-12(2)27-15(26-11)5-8-23-9-6-16-28-17-18(29-20(21)30-19(17)31-16)25-10-14-13(22)4-3-7-24-14/h3-4,7,23H,5-6,8-10H2,1-2H3,(H,26,27)(H,25,29,30). The Bertz CT molecular complexity index is 1170. The lowest BCUT2D eigenvalue weighted by molar-refractivity contribution is 0.602. The lowest BCUT2D eigenvalue weighted by Gasteiger charge is -2.06. The molecule has 0 aliphatic rings. The van der Waals surface area contributed by atoms with Gasteiger partial charge in [0, 0.05) is 37.8 Å². The van der Waals surface area contributed by atoms with E-state index in [0.29, 0.717) is 21.9 Å². The Balaban J connectivity index is 1.36. The molecule has 0 fully saturated rings. The van der Waals surface area contributed by atoms with Gasteiger partial charge in [-0.15, -0.1) is 0 Å². The molecular weight excluding hydrogens is 439 g/mol. The van der Waals surface area contributed by atoms with Gasteiger partial charge in [-0.25, -0.2) is 19.3 Å². The molecule has 0 saturated carbocycles. The Hall–Kier alpha value is -2.69. The van der Waals surface area contributed by atoms with Crippen LogP contribution in [0.25, 0.3) is 10.3 Å². The summed E-state index contributed by atoms with van der Waals surface area (Å²) < 4.78 is 13.8. The Morgan fingerprint density at radius 3 is 2.74 bits per heavy atom. The summed E-state index contributed by atoms with van der Waals surface area (Å²) in [5.74, 6) is 1.09. The maximum Gasteiger partial charge on any atom is 0.225 e. The zero-order valence-electron chi connectivity index (χ0n) is 17.2. The molecule has 31 heavy (non-hydrogen) atoms. The Kier molecular flexibility index (Phi) is 6.69. The molecule has 4 heterocycles. The first-order valence-corrected chi connectivity index (χ1v) is 11.1. The molecule has 0 atom stereocenters. The molecule has 0 aromatic carbocycles. The van der Waals surface area contributed by atoms with Crippen molar-refractivity contribution in [3.63, 3.8) is 0 Å². The minimum absolute atomic E-state index is 0.119. The zero-order chi connectivity index (χ0) is 21.8. The van der Waals surface area contributed by atoms with E-state index >= 15 is 0 Å². The van der Waals surface area contributed by atoms with E-state index < -0.39 is 0 Å². The molecular formula is C20H22ClFN8S. The molecule has 4 aromatic rings. The molecule has 0 radical (unpaired) electrons. The average molecular weight is 461 g/mol. The van der Waals surface area contributed by atoms with Crippen LogP contribution in [0.2, 0.25) is 5.28 Å². The maximum atomic E-state index is 13.8. The number of hydrogen-bond donors (Lipinski definition) is 3. The lowest BCUT2D eigenvalue weighted by atomic mass is 10.3. The van der Waals surface area contributed by atoms with E-state index in [4.69, 9.17) is 11.6 Å². The highest BCUT2D eigenvalue weighted by Gasteiger charge is 2.14. The number of rotatable bonds is 9. The maximum absolute atomic E-state index is 13.8. The largest absolute Gasteiger partial charge is 0.362 e. The van der Waals surface area contributed by atoms with Gasteiger partial charge in [0.1, 0.15) is 17.2 Å². The van der Waals surface area contributed by atoms with Crippen molar-refractivity contribution in [1.29, 1.82) is 0 Å². The van der Waals surface area contributed by atoms with Crippen LogP contribution in [-0.4, -0.2) is 43.0 Å². The van der Waals surface area contributed by atoms with Crippen molar-refractivity contribution in [3.8, 4) is 0 Å². The SMILES string of the molecule is Cc1nc(CCNCCc2nc3c(NCc4ncccc4F)nc(Cl)nc3s2)[nH]c1C. The van der Waals surface area contributed by atoms with Crippen molar-refractivity contribution in [2.24, 2.45) is 0 Å². The number of hydrogen-bond acceptors (Lipinski definition) is 8. The Morgan fingerprint density at radius 2 is 1.97 bits per heavy atom. The summed E-state index contributed by atoms with van der Waals surface area (Å²) in [7, 11) is 0. The molecule has 4 rings (SSSR count). The lowest BCUT2D eigenvalue weighted by Crippen LogP contribution is -2.20. The predicted octanol–water partition coefficient (Wildman–Crippen LogP) is 3.60. The van der Waals surface area contributed by atoms with E-state index in [0.717, 1.165) is 48.2 Å². The minimum atomic E-state index is -0.378. The molecule has 0 saturated heterocycles. The first-order chi connectivity index (χ1) is 15.0. The highest BCUT2D eigenvalue weighted by atomic mass is 35.5. The number of anilines is 1. The molecule has 0 bridgehead atoms. The number of halogens is 2. The van der Waals surface area contributed by atoms with Crippen LogP contribution in [0.3, 0.4) is 0 Å². The smallest absolute Gasteiger partial charge is 0.225 e. The van der Waals surface area contributed by atoms with Gasteiger partial charge < -0.3 is 15.6 Å². The van der Waals surface area contributed by atoms with E-state index in [9.17, 15) is 4.39 Å². The predicted molar refractivity (Wildman–Crippen MR) is 120 cm³/mol. The molecule has 8 nitrogen and oxygen atoms in total. The van der Waals surface area contributed by atoms with Crippen molar-refractivity contribution in [2.45, 2.75) is 33.2 Å². The molecule has 162 valence electrons. The molecule has 0 aliphatic heterocycles. The number of thiazole rings is 1. The molecule has 0 spiro atoms. The first-order valence-electron chi connectivity index (χ1n) is 9.88. The van der Waals surface area contributed by atoms with Crippen molar-refractivity contribution in [2.75, 3.05) is 18.4 Å². The molecule has 3 N–H and O–H groups in total. The molecule has 0 unspecified atom stereocenters. The Labute approximate surface area is 187 Å². The van der Waals surface area contributed by atoms with Gasteiger partial charge in [0.05, 0.1) is 22.9 Å². The number of aryl methyl sites for hydroxylation is 2. The summed E-state index contributed by atoms with van der Waals surface area (Å²) in [5.41, 5.74) is 3.08. The zero-order valence-corrected chi connectivity index (χ0v) is 18.7. The van der Waals surface area contributed by atoms with Gasteiger partial charge in [0.2, 0.25) is 5.28 Å². The van der Waals surface area contributed by atoms with E-state index in [-0.39, 0.29) is 17.6 Å². The fourth-order valence-electron chi connectivity index (χ4n) is 3.05. The quantitative estimate of drug-likeness (QED) is 0.259. The van der Waals surface area contributed by atoms with Crippen molar-refractivity contribution < 1.29 is 4.39 Å². The normalized spacial score (nSPS) is 11.4. The number of H-pyrrole nitrogens is 1. The topological polar surface area (TPSA) is 104 Å². The van der Waals surface area contributed by atoms with E-state index in [1.54, 1.807) is 12.3 Å². The summed E-state index contributed by atoms with van der Waals surface area (Å²) >= 11 is 7.54.